The topological polar surface area (TPSA) is 57.4 Å². The molecule has 2 heterocycles. The van der Waals surface area contributed by atoms with Gasteiger partial charge in [-0.1, -0.05) is 42.0 Å². The van der Waals surface area contributed by atoms with Crippen molar-refractivity contribution >= 4 is 28.2 Å². The van der Waals surface area contributed by atoms with Crippen molar-refractivity contribution in [3.05, 3.63) is 81.6 Å². The number of H-pyrrole nitrogens is 1. The molecule has 2 N–H and O–H groups in total. The predicted octanol–water partition coefficient (Wildman–Crippen LogP) is 3.89. The highest BCUT2D eigenvalue weighted by Crippen LogP contribution is 2.17. The van der Waals surface area contributed by atoms with Crippen LogP contribution in [0.1, 0.15) is 29.5 Å². The number of nitrogens with one attached hydrogen (secondary N) is 2. The average Bonchev–Trinajstić information content (AvgIpc) is 3.26. The maximum absolute atomic E-state index is 12.7. The summed E-state index contributed by atoms with van der Waals surface area (Å²) in [4.78, 5) is 17.8. The second kappa shape index (κ2) is 9.41. The lowest BCUT2D eigenvalue weighted by molar-refractivity contribution is 0.0896. The molecule has 30 heavy (non-hydrogen) atoms. The highest BCUT2D eigenvalue weighted by atomic mass is 32.1. The van der Waals surface area contributed by atoms with Crippen molar-refractivity contribution < 1.29 is 4.74 Å². The Bertz CT molecular complexity index is 1070. The molecule has 4 rings (SSSR count). The van der Waals surface area contributed by atoms with Crippen LogP contribution in [-0.2, 0) is 17.8 Å². The Balaban J connectivity index is 1.54. The molecule has 0 bridgehead atoms. The molecule has 1 atom stereocenters. The number of hydrogen-bond donors (Lipinski definition) is 2. The maximum Gasteiger partial charge on any atom is 0.253 e. The summed E-state index contributed by atoms with van der Waals surface area (Å²) < 4.78 is 5.84. The fourth-order valence-corrected chi connectivity index (χ4v) is 4.04. The molecular weight excluding hydrogens is 394 g/mol. The van der Waals surface area contributed by atoms with E-state index in [9.17, 15) is 4.79 Å². The Morgan fingerprint density at radius 1 is 1.23 bits per heavy atom. The van der Waals surface area contributed by atoms with Crippen LogP contribution in [-0.4, -0.2) is 34.3 Å². The van der Waals surface area contributed by atoms with Gasteiger partial charge in [-0.3, -0.25) is 4.79 Å². The van der Waals surface area contributed by atoms with Crippen LogP contribution in [0.2, 0.25) is 0 Å². The van der Waals surface area contributed by atoms with E-state index in [1.165, 1.54) is 0 Å². The van der Waals surface area contributed by atoms with E-state index in [0.29, 0.717) is 30.3 Å². The number of aromatic nitrogens is 1. The third-order valence-electron chi connectivity index (χ3n) is 5.46. The summed E-state index contributed by atoms with van der Waals surface area (Å²) in [5, 5.41) is 5.02. The van der Waals surface area contributed by atoms with Crippen LogP contribution in [0.25, 0.3) is 10.9 Å². The third kappa shape index (κ3) is 5.07. The van der Waals surface area contributed by atoms with Crippen molar-refractivity contribution in [1.29, 1.82) is 0 Å². The second-order valence-electron chi connectivity index (χ2n) is 7.87. The first kappa shape index (κ1) is 20.6. The monoisotopic (exact) mass is 421 g/mol. The quantitative estimate of drug-likeness (QED) is 0.592. The zero-order valence-corrected chi connectivity index (χ0v) is 18.0. The van der Waals surface area contributed by atoms with Crippen LogP contribution in [0.5, 0.6) is 0 Å². The van der Waals surface area contributed by atoms with Gasteiger partial charge in [0, 0.05) is 30.8 Å². The third-order valence-corrected chi connectivity index (χ3v) is 5.86. The number of aryl methyl sites for hydroxylation is 1. The van der Waals surface area contributed by atoms with E-state index in [-0.39, 0.29) is 11.7 Å². The van der Waals surface area contributed by atoms with Crippen molar-refractivity contribution in [3.63, 3.8) is 0 Å². The molecule has 1 aromatic heterocycles. The molecule has 0 saturated carbocycles. The number of hydrogen-bond acceptors (Lipinski definition) is 3. The molecular formula is C24H27N3O2S. The van der Waals surface area contributed by atoms with Gasteiger partial charge in [-0.2, -0.15) is 0 Å². The van der Waals surface area contributed by atoms with Crippen LogP contribution in [0, 0.1) is 6.92 Å². The van der Waals surface area contributed by atoms with E-state index in [0.717, 1.165) is 41.5 Å². The summed E-state index contributed by atoms with van der Waals surface area (Å²) >= 11 is 5.72. The number of nitrogens with zero attached hydrogens (tertiary/aromatic N) is 1. The van der Waals surface area contributed by atoms with Crippen molar-refractivity contribution in [2.24, 2.45) is 0 Å². The minimum Gasteiger partial charge on any atom is -0.376 e. The summed E-state index contributed by atoms with van der Waals surface area (Å²) in [5.74, 6) is 0. The highest BCUT2D eigenvalue weighted by molar-refractivity contribution is 7.80. The van der Waals surface area contributed by atoms with Gasteiger partial charge in [0.15, 0.2) is 5.11 Å². The first-order chi connectivity index (χ1) is 14.6. The summed E-state index contributed by atoms with van der Waals surface area (Å²) in [6.07, 6.45) is 2.23. The molecule has 0 unspecified atom stereocenters. The van der Waals surface area contributed by atoms with Gasteiger partial charge < -0.3 is 19.9 Å². The standard InChI is InChI=1S/C24H27N3O2S/c1-17-9-10-22-19(12-17)13-20(23(28)26-22)15-27(16-21-8-5-11-29-21)24(30)25-14-18-6-3-2-4-7-18/h2-4,6-7,9-10,12-13,21H,5,8,11,14-16H2,1H3,(H,25,30)(H,26,28)/t21-/m0/s1. The molecule has 6 heteroatoms. The molecule has 0 amide bonds. The lowest BCUT2D eigenvalue weighted by Gasteiger charge is -2.28. The predicted molar refractivity (Wildman–Crippen MR) is 125 cm³/mol. The van der Waals surface area contributed by atoms with Crippen molar-refractivity contribution in [1.82, 2.24) is 15.2 Å². The number of rotatable bonds is 6. The molecule has 0 aliphatic carbocycles. The van der Waals surface area contributed by atoms with Crippen LogP contribution >= 0.6 is 12.2 Å². The van der Waals surface area contributed by atoms with Crippen LogP contribution < -0.4 is 10.9 Å². The van der Waals surface area contributed by atoms with Crippen molar-refractivity contribution in [3.8, 4) is 0 Å². The zero-order valence-electron chi connectivity index (χ0n) is 17.2. The Kier molecular flexibility index (Phi) is 6.45. The van der Waals surface area contributed by atoms with Crippen LogP contribution in [0.15, 0.2) is 59.4 Å². The van der Waals surface area contributed by atoms with Crippen molar-refractivity contribution in [2.45, 2.75) is 39.0 Å². The van der Waals surface area contributed by atoms with E-state index in [1.54, 1.807) is 0 Å². The van der Waals surface area contributed by atoms with Gasteiger partial charge >= 0.3 is 0 Å². The normalized spacial score (nSPS) is 16.0. The largest absolute Gasteiger partial charge is 0.376 e. The minimum absolute atomic E-state index is 0.0745. The minimum atomic E-state index is -0.0745. The summed E-state index contributed by atoms with van der Waals surface area (Å²) in [6, 6.07) is 18.2. The number of thiocarbonyl (C=S) groups is 1. The lowest BCUT2D eigenvalue weighted by Crippen LogP contribution is -2.43. The van der Waals surface area contributed by atoms with E-state index in [4.69, 9.17) is 17.0 Å². The van der Waals surface area contributed by atoms with Gasteiger partial charge in [-0.05, 0) is 61.1 Å². The molecule has 1 aliphatic heterocycles. The first-order valence-corrected chi connectivity index (χ1v) is 10.8. The SMILES string of the molecule is Cc1ccc2[nH]c(=O)c(CN(C[C@@H]3CCCO3)C(=S)NCc3ccccc3)cc2c1. The molecule has 156 valence electrons. The Hall–Kier alpha value is -2.70. The van der Waals surface area contributed by atoms with Gasteiger partial charge in [-0.15, -0.1) is 0 Å². The van der Waals surface area contributed by atoms with E-state index in [2.05, 4.69) is 40.3 Å². The van der Waals surface area contributed by atoms with Crippen LogP contribution in [0.3, 0.4) is 0 Å². The Morgan fingerprint density at radius 3 is 2.83 bits per heavy atom. The fourth-order valence-electron chi connectivity index (χ4n) is 3.83. The van der Waals surface area contributed by atoms with Gasteiger partial charge in [0.25, 0.3) is 5.56 Å². The van der Waals surface area contributed by atoms with Gasteiger partial charge in [0.05, 0.1) is 12.6 Å². The Morgan fingerprint density at radius 2 is 2.07 bits per heavy atom. The molecule has 1 aliphatic rings. The molecule has 0 spiro atoms. The molecule has 1 saturated heterocycles. The lowest BCUT2D eigenvalue weighted by atomic mass is 10.1. The van der Waals surface area contributed by atoms with E-state index < -0.39 is 0 Å². The second-order valence-corrected chi connectivity index (χ2v) is 8.26. The summed E-state index contributed by atoms with van der Waals surface area (Å²) in [5.41, 5.74) is 3.81. The first-order valence-electron chi connectivity index (χ1n) is 10.4. The fraction of sp³-hybridized carbons (Fsp3) is 0.333. The molecule has 5 nitrogen and oxygen atoms in total. The van der Waals surface area contributed by atoms with E-state index >= 15 is 0 Å². The molecule has 0 radical (unpaired) electrons. The number of benzene rings is 2. The van der Waals surface area contributed by atoms with Gasteiger partial charge in [0.2, 0.25) is 0 Å². The number of fused-ring (bicyclic) bond motifs is 1. The van der Waals surface area contributed by atoms with Crippen LogP contribution in [0.4, 0.5) is 0 Å². The molecule has 1 fully saturated rings. The average molecular weight is 422 g/mol. The highest BCUT2D eigenvalue weighted by Gasteiger charge is 2.22. The number of aromatic amines is 1. The Labute approximate surface area is 182 Å². The maximum atomic E-state index is 12.7. The van der Waals surface area contributed by atoms with Gasteiger partial charge in [-0.25, -0.2) is 0 Å². The van der Waals surface area contributed by atoms with Crippen molar-refractivity contribution in [2.75, 3.05) is 13.2 Å². The van der Waals surface area contributed by atoms with Gasteiger partial charge in [0.1, 0.15) is 0 Å². The smallest absolute Gasteiger partial charge is 0.253 e. The number of pyridine rings is 1. The molecule has 2 aromatic carbocycles. The van der Waals surface area contributed by atoms with E-state index in [1.807, 2.05) is 36.4 Å². The molecule has 3 aromatic rings. The summed E-state index contributed by atoms with van der Waals surface area (Å²) in [6.45, 7) is 4.61. The zero-order chi connectivity index (χ0) is 20.9. The summed E-state index contributed by atoms with van der Waals surface area (Å²) in [7, 11) is 0. The number of ether oxygens (including phenoxy) is 1.